The molecule has 2 aromatic heterocycles. The fourth-order valence-corrected chi connectivity index (χ4v) is 4.04. The molecule has 0 spiro atoms. The number of carbonyl (C=O) groups is 2. The number of nitrogens with one attached hydrogen (secondary N) is 2. The number of nitrogens with zero attached hydrogens (tertiary/aromatic N) is 3. The van der Waals surface area contributed by atoms with Gasteiger partial charge >= 0.3 is 6.18 Å². The van der Waals surface area contributed by atoms with Gasteiger partial charge in [-0.1, -0.05) is 44.5 Å². The number of hydrogen-bond acceptors (Lipinski definition) is 4. The third-order valence-electron chi connectivity index (χ3n) is 5.60. The van der Waals surface area contributed by atoms with E-state index in [2.05, 4.69) is 20.7 Å². The molecule has 0 aliphatic rings. The summed E-state index contributed by atoms with van der Waals surface area (Å²) in [4.78, 5) is 28.8. The smallest absolute Gasteiger partial charge is 0.352 e. The Morgan fingerprint density at radius 2 is 1.79 bits per heavy atom. The molecule has 38 heavy (non-hydrogen) atoms. The molecule has 11 heteroatoms. The van der Waals surface area contributed by atoms with Gasteiger partial charge in [-0.15, -0.1) is 0 Å². The normalized spacial score (nSPS) is 12.0. The first kappa shape index (κ1) is 27.1. The van der Waals surface area contributed by atoms with Gasteiger partial charge in [0.25, 0.3) is 5.91 Å². The van der Waals surface area contributed by atoms with Crippen LogP contribution in [0.3, 0.4) is 0 Å². The second-order valence-corrected chi connectivity index (χ2v) is 10.4. The van der Waals surface area contributed by atoms with Gasteiger partial charge in [0.05, 0.1) is 39.9 Å². The molecule has 0 radical (unpaired) electrons. The predicted octanol–water partition coefficient (Wildman–Crippen LogP) is 6.40. The van der Waals surface area contributed by atoms with Gasteiger partial charge in [-0.3, -0.25) is 9.59 Å². The standard InChI is InChI=1S/C27H25ClF3N5O2/c1-26(2,3)12-24(37)33-13-16-7-9-20(28)18(11-16)25(38)35-21-5-4-6-22-19(21)15-34-36(22)17-8-10-23(32-14-17)27(29,30)31/h4-11,14-15H,12-13H2,1-3H3,(H,33,37)(H,35,38). The number of amides is 2. The lowest BCUT2D eigenvalue weighted by Gasteiger charge is -2.17. The average Bonchev–Trinajstić information content (AvgIpc) is 3.27. The summed E-state index contributed by atoms with van der Waals surface area (Å²) >= 11 is 6.30. The van der Waals surface area contributed by atoms with E-state index in [0.29, 0.717) is 34.3 Å². The van der Waals surface area contributed by atoms with Crippen molar-refractivity contribution in [3.8, 4) is 5.69 Å². The molecule has 4 aromatic rings. The highest BCUT2D eigenvalue weighted by Gasteiger charge is 2.32. The first-order chi connectivity index (χ1) is 17.8. The zero-order valence-corrected chi connectivity index (χ0v) is 21.6. The predicted molar refractivity (Wildman–Crippen MR) is 139 cm³/mol. The molecule has 0 atom stereocenters. The number of alkyl halides is 3. The van der Waals surface area contributed by atoms with E-state index in [1.165, 1.54) is 16.9 Å². The van der Waals surface area contributed by atoms with Crippen LogP contribution < -0.4 is 10.6 Å². The number of pyridine rings is 1. The Hall–Kier alpha value is -3.92. The van der Waals surface area contributed by atoms with Crippen LogP contribution in [0.5, 0.6) is 0 Å². The molecule has 0 fully saturated rings. The summed E-state index contributed by atoms with van der Waals surface area (Å²) in [5, 5.41) is 10.8. The minimum atomic E-state index is -4.54. The largest absolute Gasteiger partial charge is 0.433 e. The summed E-state index contributed by atoms with van der Waals surface area (Å²) < 4.78 is 40.0. The molecule has 0 aliphatic carbocycles. The average molecular weight is 544 g/mol. The Morgan fingerprint density at radius 3 is 2.45 bits per heavy atom. The first-order valence-corrected chi connectivity index (χ1v) is 12.1. The van der Waals surface area contributed by atoms with Crippen LogP contribution in [-0.4, -0.2) is 26.6 Å². The van der Waals surface area contributed by atoms with Crippen molar-refractivity contribution < 1.29 is 22.8 Å². The van der Waals surface area contributed by atoms with Gasteiger partial charge in [-0.2, -0.15) is 18.3 Å². The second-order valence-electron chi connectivity index (χ2n) is 9.98. The lowest BCUT2D eigenvalue weighted by atomic mass is 9.92. The molecule has 0 bridgehead atoms. The molecule has 0 saturated carbocycles. The highest BCUT2D eigenvalue weighted by atomic mass is 35.5. The van der Waals surface area contributed by atoms with Crippen molar-refractivity contribution in [2.45, 2.75) is 39.9 Å². The maximum Gasteiger partial charge on any atom is 0.433 e. The number of rotatable bonds is 6. The van der Waals surface area contributed by atoms with Crippen molar-refractivity contribution in [1.82, 2.24) is 20.1 Å². The molecule has 2 heterocycles. The van der Waals surface area contributed by atoms with E-state index in [-0.39, 0.29) is 28.5 Å². The van der Waals surface area contributed by atoms with Crippen LogP contribution in [0.25, 0.3) is 16.6 Å². The van der Waals surface area contributed by atoms with Gasteiger partial charge in [0.2, 0.25) is 5.91 Å². The van der Waals surface area contributed by atoms with E-state index in [4.69, 9.17) is 11.6 Å². The number of aromatic nitrogens is 3. The van der Waals surface area contributed by atoms with Gasteiger partial charge in [0, 0.05) is 18.4 Å². The molecule has 198 valence electrons. The molecule has 7 nitrogen and oxygen atoms in total. The highest BCUT2D eigenvalue weighted by Crippen LogP contribution is 2.30. The second kappa shape index (κ2) is 10.4. The highest BCUT2D eigenvalue weighted by molar-refractivity contribution is 6.34. The first-order valence-electron chi connectivity index (χ1n) is 11.7. The zero-order chi connectivity index (χ0) is 27.7. The van der Waals surface area contributed by atoms with E-state index in [1.807, 2.05) is 20.8 Å². The lowest BCUT2D eigenvalue weighted by molar-refractivity contribution is -0.141. The molecule has 2 aromatic carbocycles. The Balaban J connectivity index is 1.54. The van der Waals surface area contributed by atoms with Gasteiger partial charge in [0.15, 0.2) is 0 Å². The van der Waals surface area contributed by atoms with Crippen molar-refractivity contribution in [2.75, 3.05) is 5.32 Å². The van der Waals surface area contributed by atoms with Crippen molar-refractivity contribution in [3.63, 3.8) is 0 Å². The summed E-state index contributed by atoms with van der Waals surface area (Å²) in [6, 6.07) is 12.2. The molecule has 0 aliphatic heterocycles. The van der Waals surface area contributed by atoms with Crippen molar-refractivity contribution >= 4 is 40.0 Å². The Labute approximate surface area is 222 Å². The van der Waals surface area contributed by atoms with E-state index < -0.39 is 17.8 Å². The lowest BCUT2D eigenvalue weighted by Crippen LogP contribution is -2.27. The molecule has 4 rings (SSSR count). The number of hydrogen-bond donors (Lipinski definition) is 2. The minimum absolute atomic E-state index is 0.0922. The van der Waals surface area contributed by atoms with Crippen LogP contribution in [0.1, 0.15) is 48.8 Å². The summed E-state index contributed by atoms with van der Waals surface area (Å²) in [6.45, 7) is 6.17. The Kier molecular flexibility index (Phi) is 7.46. The Bertz CT molecular complexity index is 1490. The number of anilines is 1. The number of carbonyl (C=O) groups excluding carboxylic acids is 2. The third kappa shape index (κ3) is 6.31. The monoisotopic (exact) mass is 543 g/mol. The molecule has 2 amide bonds. The van der Waals surface area contributed by atoms with E-state index in [9.17, 15) is 22.8 Å². The minimum Gasteiger partial charge on any atom is -0.352 e. The maximum absolute atomic E-state index is 13.1. The van der Waals surface area contributed by atoms with Crippen molar-refractivity contribution in [2.24, 2.45) is 5.41 Å². The van der Waals surface area contributed by atoms with Crippen LogP contribution in [-0.2, 0) is 17.5 Å². The molecule has 2 N–H and O–H groups in total. The third-order valence-corrected chi connectivity index (χ3v) is 5.93. The maximum atomic E-state index is 13.1. The molecular weight excluding hydrogens is 519 g/mol. The molecule has 0 unspecified atom stereocenters. The van der Waals surface area contributed by atoms with Gasteiger partial charge in [-0.05, 0) is 47.4 Å². The van der Waals surface area contributed by atoms with E-state index >= 15 is 0 Å². The summed E-state index contributed by atoms with van der Waals surface area (Å²) in [6.07, 6.45) is -1.58. The molecule has 0 saturated heterocycles. The van der Waals surface area contributed by atoms with Gasteiger partial charge < -0.3 is 10.6 Å². The summed E-state index contributed by atoms with van der Waals surface area (Å²) in [5.74, 6) is -0.556. The quantitative estimate of drug-likeness (QED) is 0.294. The van der Waals surface area contributed by atoms with Crippen LogP contribution >= 0.6 is 11.6 Å². The van der Waals surface area contributed by atoms with E-state index in [1.54, 1.807) is 36.4 Å². The Morgan fingerprint density at radius 1 is 1.03 bits per heavy atom. The van der Waals surface area contributed by atoms with E-state index in [0.717, 1.165) is 12.3 Å². The van der Waals surface area contributed by atoms with Gasteiger partial charge in [-0.25, -0.2) is 9.67 Å². The topological polar surface area (TPSA) is 88.9 Å². The van der Waals surface area contributed by atoms with Crippen LogP contribution in [0, 0.1) is 5.41 Å². The fourth-order valence-electron chi connectivity index (χ4n) is 3.84. The summed E-state index contributed by atoms with van der Waals surface area (Å²) in [5.41, 5.74) is 1.13. The van der Waals surface area contributed by atoms with Crippen molar-refractivity contribution in [1.29, 1.82) is 0 Å². The number of halogens is 4. The van der Waals surface area contributed by atoms with Crippen LogP contribution in [0.4, 0.5) is 18.9 Å². The van der Waals surface area contributed by atoms with Crippen LogP contribution in [0.15, 0.2) is 60.9 Å². The zero-order valence-electron chi connectivity index (χ0n) is 20.9. The van der Waals surface area contributed by atoms with Crippen molar-refractivity contribution in [3.05, 3.63) is 82.8 Å². The summed E-state index contributed by atoms with van der Waals surface area (Å²) in [7, 11) is 0. The van der Waals surface area contributed by atoms with Gasteiger partial charge in [0.1, 0.15) is 5.69 Å². The fraction of sp³-hybridized carbons (Fsp3) is 0.259. The SMILES string of the molecule is CC(C)(C)CC(=O)NCc1ccc(Cl)c(C(=O)Nc2cccc3c2cnn3-c2ccc(C(F)(F)F)nc2)c1. The van der Waals surface area contributed by atoms with Crippen LogP contribution in [0.2, 0.25) is 5.02 Å². The molecular formula is C27H25ClF3N5O2. The number of benzene rings is 2. The number of fused-ring (bicyclic) bond motifs is 1.